The lowest BCUT2D eigenvalue weighted by atomic mass is 9.78. The zero-order valence-electron chi connectivity index (χ0n) is 26.1. The van der Waals surface area contributed by atoms with Gasteiger partial charge in [0.1, 0.15) is 12.3 Å². The van der Waals surface area contributed by atoms with Crippen molar-refractivity contribution in [2.45, 2.75) is 76.9 Å². The first-order valence-corrected chi connectivity index (χ1v) is 16.9. The van der Waals surface area contributed by atoms with E-state index in [-0.39, 0.29) is 36.5 Å². The van der Waals surface area contributed by atoms with Crippen LogP contribution in [0.3, 0.4) is 0 Å². The number of pyridine rings is 1. The topological polar surface area (TPSA) is 134 Å². The summed E-state index contributed by atoms with van der Waals surface area (Å²) in [7, 11) is 0. The number of aryl methyl sites for hydroxylation is 1. The van der Waals surface area contributed by atoms with Crippen molar-refractivity contribution in [2.24, 2.45) is 5.92 Å². The Morgan fingerprint density at radius 2 is 1.89 bits per heavy atom. The van der Waals surface area contributed by atoms with Crippen molar-refractivity contribution in [2.75, 3.05) is 25.0 Å². The number of piperazine rings is 1. The third-order valence-corrected chi connectivity index (χ3v) is 10.5. The van der Waals surface area contributed by atoms with Crippen LogP contribution in [0.25, 0.3) is 21.3 Å². The van der Waals surface area contributed by atoms with Crippen LogP contribution >= 0.6 is 11.3 Å². The number of hydrogen-bond acceptors (Lipinski definition) is 10. The molecule has 4 aromatic rings. The number of nitrogens with zero attached hydrogens (tertiary/aromatic N) is 6. The minimum atomic E-state index is -0.400. The van der Waals surface area contributed by atoms with Gasteiger partial charge in [0.05, 0.1) is 22.4 Å². The molecule has 3 fully saturated rings. The van der Waals surface area contributed by atoms with Gasteiger partial charge in [-0.05, 0) is 75.8 Å². The summed E-state index contributed by atoms with van der Waals surface area (Å²) < 4.78 is 6.78. The van der Waals surface area contributed by atoms with Crippen molar-refractivity contribution in [1.82, 2.24) is 29.7 Å². The van der Waals surface area contributed by atoms with Gasteiger partial charge in [0, 0.05) is 61.3 Å². The summed E-state index contributed by atoms with van der Waals surface area (Å²) in [6, 6.07) is 12.1. The minimum Gasteiger partial charge on any atom is -0.390 e. The quantitative estimate of drug-likeness (QED) is 0.286. The van der Waals surface area contributed by atoms with Gasteiger partial charge < -0.3 is 20.1 Å². The number of aliphatic hydroxyl groups is 1. The van der Waals surface area contributed by atoms with Crippen LogP contribution in [-0.2, 0) is 16.1 Å². The lowest BCUT2D eigenvalue weighted by molar-refractivity contribution is -0.125. The fourth-order valence-electron chi connectivity index (χ4n) is 6.82. The number of thiazole rings is 1. The summed E-state index contributed by atoms with van der Waals surface area (Å²) in [5.41, 5.74) is 4.03. The molecule has 1 aliphatic heterocycles. The van der Waals surface area contributed by atoms with Gasteiger partial charge in [0.2, 0.25) is 5.91 Å². The van der Waals surface area contributed by atoms with Gasteiger partial charge in [0.25, 0.3) is 5.91 Å². The first kappa shape index (κ1) is 30.8. The Labute approximate surface area is 272 Å². The highest BCUT2D eigenvalue weighted by atomic mass is 32.1. The Kier molecular flexibility index (Phi) is 8.78. The maximum atomic E-state index is 13.1. The van der Waals surface area contributed by atoms with Gasteiger partial charge in [-0.1, -0.05) is 23.5 Å². The summed E-state index contributed by atoms with van der Waals surface area (Å²) in [6.45, 7) is 6.45. The van der Waals surface area contributed by atoms with E-state index >= 15 is 0 Å². The van der Waals surface area contributed by atoms with Crippen LogP contribution < -0.4 is 5.32 Å². The molecule has 2 aliphatic carbocycles. The second kappa shape index (κ2) is 13.1. The molecule has 11 nitrogen and oxygen atoms in total. The van der Waals surface area contributed by atoms with Gasteiger partial charge in [-0.3, -0.25) is 14.5 Å². The zero-order chi connectivity index (χ0) is 31.8. The van der Waals surface area contributed by atoms with Crippen LogP contribution in [0.5, 0.6) is 0 Å². The number of nitrogens with one attached hydrogen (secondary N) is 1. The predicted octanol–water partition coefficient (Wildman–Crippen LogP) is 4.45. The maximum Gasteiger partial charge on any atom is 0.272 e. The van der Waals surface area contributed by atoms with E-state index in [1.807, 2.05) is 42.2 Å². The Morgan fingerprint density at radius 3 is 2.63 bits per heavy atom. The summed E-state index contributed by atoms with van der Waals surface area (Å²) in [5.74, 6) is 0.538. The number of anilines is 1. The molecule has 2 saturated carbocycles. The molecule has 3 atom stereocenters. The molecule has 2 amide bonds. The number of amides is 2. The van der Waals surface area contributed by atoms with Crippen LogP contribution in [-0.4, -0.2) is 90.6 Å². The Bertz CT molecular complexity index is 1720. The molecule has 4 heterocycles. The van der Waals surface area contributed by atoms with Gasteiger partial charge in [-0.25, -0.2) is 19.9 Å². The first-order chi connectivity index (χ1) is 22.3. The molecule has 3 aromatic heterocycles. The number of benzene rings is 1. The number of fused-ring (bicyclic) bond motifs is 1. The van der Waals surface area contributed by atoms with Gasteiger partial charge in [0.15, 0.2) is 11.0 Å². The number of hydrogen-bond donors (Lipinski definition) is 2. The zero-order valence-corrected chi connectivity index (χ0v) is 26.9. The molecule has 7 rings (SSSR count). The molecule has 46 heavy (non-hydrogen) atoms. The fraction of sp³-hybridized carbons (Fsp3) is 0.471. The van der Waals surface area contributed by atoms with Crippen molar-refractivity contribution >= 4 is 38.5 Å². The van der Waals surface area contributed by atoms with Crippen molar-refractivity contribution < 1.29 is 19.4 Å². The highest BCUT2D eigenvalue weighted by Crippen LogP contribution is 2.36. The Morgan fingerprint density at radius 1 is 1.07 bits per heavy atom. The van der Waals surface area contributed by atoms with Crippen LogP contribution in [0.1, 0.15) is 61.0 Å². The second-order valence-electron chi connectivity index (χ2n) is 12.8. The number of aliphatic hydroxyl groups excluding tert-OH is 1. The van der Waals surface area contributed by atoms with Gasteiger partial charge >= 0.3 is 0 Å². The molecular formula is C34H39N7O4S. The Hall–Kier alpha value is -3.84. The van der Waals surface area contributed by atoms with Crippen LogP contribution in [0.2, 0.25) is 0 Å². The van der Waals surface area contributed by atoms with E-state index in [9.17, 15) is 14.7 Å². The number of carbonyl (C=O) groups excluding carboxylic acids is 2. The van der Waals surface area contributed by atoms with E-state index in [0.717, 1.165) is 65.7 Å². The lowest BCUT2D eigenvalue weighted by Crippen LogP contribution is -2.60. The van der Waals surface area contributed by atoms with Gasteiger partial charge in [-0.15, -0.1) is 0 Å². The van der Waals surface area contributed by atoms with Gasteiger partial charge in [-0.2, -0.15) is 0 Å². The molecule has 3 aliphatic rings. The molecule has 0 spiro atoms. The van der Waals surface area contributed by atoms with Crippen molar-refractivity contribution in [3.63, 3.8) is 0 Å². The standard InChI is InChI=1S/C34H39N7O4S/c1-20-5-3-6-27(37-20)33(44)40-11-12-41(21(2)18-40)25-13-23(14-25)32(43)39-34-38-26-10-9-22(15-30(26)46-34)24-16-35-31(36-17-24)19-45-29-8-4-7-28(29)42/h3,5-6,9-10,15-17,21,23,25,28-29,42H,4,7-8,11-14,18-19H2,1-2H3,(H,38,39,43)/t21-,23?,25?,28-,29-/m0/s1. The van der Waals surface area contributed by atoms with Crippen LogP contribution in [0, 0.1) is 12.8 Å². The van der Waals surface area contributed by atoms with E-state index in [1.165, 1.54) is 11.3 Å². The maximum absolute atomic E-state index is 13.1. The molecule has 12 heteroatoms. The van der Waals surface area contributed by atoms with Crippen molar-refractivity contribution in [1.29, 1.82) is 0 Å². The number of aromatic nitrogens is 4. The minimum absolute atomic E-state index is 0.0128. The normalized spacial score (nSPS) is 25.0. The molecule has 0 unspecified atom stereocenters. The highest BCUT2D eigenvalue weighted by Gasteiger charge is 2.41. The van der Waals surface area contributed by atoms with E-state index in [2.05, 4.69) is 37.1 Å². The monoisotopic (exact) mass is 641 g/mol. The molecule has 0 radical (unpaired) electrons. The van der Waals surface area contributed by atoms with Crippen molar-refractivity contribution in [3.05, 3.63) is 66.0 Å². The Balaban J connectivity index is 0.902. The largest absolute Gasteiger partial charge is 0.390 e. The average Bonchev–Trinajstić information content (AvgIpc) is 3.64. The third kappa shape index (κ3) is 6.52. The fourth-order valence-corrected chi connectivity index (χ4v) is 7.73. The number of rotatable bonds is 8. The summed E-state index contributed by atoms with van der Waals surface area (Å²) in [5, 5.41) is 13.6. The van der Waals surface area contributed by atoms with E-state index in [1.54, 1.807) is 18.5 Å². The molecule has 1 saturated heterocycles. The number of carbonyl (C=O) groups is 2. The molecule has 2 N–H and O–H groups in total. The molecule has 1 aromatic carbocycles. The lowest BCUT2D eigenvalue weighted by Gasteiger charge is -2.49. The molecule has 240 valence electrons. The SMILES string of the molecule is Cc1cccc(C(=O)N2CCN(C3CC(C(=O)Nc4nc5ccc(-c6cnc(CO[C@H]7CCC[C@@H]7O)nc6)cc5s4)C3)[C@@H](C)C2)n1. The molecule has 0 bridgehead atoms. The third-order valence-electron chi connectivity index (χ3n) is 9.53. The smallest absolute Gasteiger partial charge is 0.272 e. The molecular weight excluding hydrogens is 602 g/mol. The van der Waals surface area contributed by atoms with Crippen LogP contribution in [0.15, 0.2) is 48.8 Å². The summed E-state index contributed by atoms with van der Waals surface area (Å²) >= 11 is 1.46. The summed E-state index contributed by atoms with van der Waals surface area (Å²) in [4.78, 5) is 48.4. The predicted molar refractivity (Wildman–Crippen MR) is 175 cm³/mol. The highest BCUT2D eigenvalue weighted by molar-refractivity contribution is 7.22. The van der Waals surface area contributed by atoms with E-state index in [0.29, 0.717) is 35.8 Å². The first-order valence-electron chi connectivity index (χ1n) is 16.1. The van der Waals surface area contributed by atoms with Crippen LogP contribution in [0.4, 0.5) is 5.13 Å². The average molecular weight is 642 g/mol. The van der Waals surface area contributed by atoms with Crippen molar-refractivity contribution in [3.8, 4) is 11.1 Å². The second-order valence-corrected chi connectivity index (χ2v) is 13.8. The van der Waals surface area contributed by atoms with E-state index in [4.69, 9.17) is 4.74 Å². The summed E-state index contributed by atoms with van der Waals surface area (Å²) in [6.07, 6.45) is 7.28. The number of ether oxygens (including phenoxy) is 1. The van der Waals surface area contributed by atoms with E-state index < -0.39 is 6.10 Å².